The van der Waals surface area contributed by atoms with Crippen molar-refractivity contribution in [1.29, 1.82) is 0 Å². The second-order valence-corrected chi connectivity index (χ2v) is 4.19. The number of carbonyl (C=O) groups is 1. The van der Waals surface area contributed by atoms with Gasteiger partial charge in [-0.1, -0.05) is 11.6 Å². The van der Waals surface area contributed by atoms with Gasteiger partial charge in [0, 0.05) is 12.7 Å². The summed E-state index contributed by atoms with van der Waals surface area (Å²) in [4.78, 5) is 15.5. The summed E-state index contributed by atoms with van der Waals surface area (Å²) in [5, 5.41) is 12.0. The molecule has 0 fully saturated rings. The van der Waals surface area contributed by atoms with Crippen molar-refractivity contribution in [3.05, 3.63) is 35.7 Å². The predicted octanol–water partition coefficient (Wildman–Crippen LogP) is 2.02. The Kier molecular flexibility index (Phi) is 3.75. The molecule has 1 aliphatic rings. The lowest BCUT2D eigenvalue weighted by Gasteiger charge is -2.05. The summed E-state index contributed by atoms with van der Waals surface area (Å²) in [6.07, 6.45) is 9.48. The third-order valence-corrected chi connectivity index (χ3v) is 2.85. The first kappa shape index (κ1) is 11.6. The van der Waals surface area contributed by atoms with Gasteiger partial charge in [0.05, 0.1) is 11.8 Å². The standard InChI is InChI=1S/C13H16N2O2/c16-12-7-11(8-14-9-12)13(17)15-6-5-10-3-1-2-4-10/h3,7-9,16H,1-2,4-6H2,(H,15,17). The van der Waals surface area contributed by atoms with E-state index in [1.54, 1.807) is 0 Å². The average Bonchev–Trinajstić information content (AvgIpc) is 2.82. The van der Waals surface area contributed by atoms with Crippen molar-refractivity contribution >= 4 is 5.91 Å². The van der Waals surface area contributed by atoms with Gasteiger partial charge in [0.1, 0.15) is 5.75 Å². The predicted molar refractivity (Wildman–Crippen MR) is 64.8 cm³/mol. The number of aromatic nitrogens is 1. The minimum atomic E-state index is -0.188. The van der Waals surface area contributed by atoms with E-state index in [4.69, 9.17) is 0 Å². The van der Waals surface area contributed by atoms with Crippen LogP contribution in [-0.2, 0) is 0 Å². The zero-order valence-electron chi connectivity index (χ0n) is 9.65. The third-order valence-electron chi connectivity index (χ3n) is 2.85. The molecular weight excluding hydrogens is 216 g/mol. The van der Waals surface area contributed by atoms with E-state index in [1.165, 1.54) is 36.9 Å². The molecule has 0 bridgehead atoms. The van der Waals surface area contributed by atoms with Gasteiger partial charge in [0.25, 0.3) is 5.91 Å². The summed E-state index contributed by atoms with van der Waals surface area (Å²) < 4.78 is 0. The van der Waals surface area contributed by atoms with E-state index in [-0.39, 0.29) is 11.7 Å². The van der Waals surface area contributed by atoms with Crippen molar-refractivity contribution in [2.24, 2.45) is 0 Å². The SMILES string of the molecule is O=C(NCCC1=CCCC1)c1cncc(O)c1. The Morgan fingerprint density at radius 1 is 1.47 bits per heavy atom. The minimum Gasteiger partial charge on any atom is -0.506 e. The van der Waals surface area contributed by atoms with Crippen LogP contribution in [0.2, 0.25) is 0 Å². The van der Waals surface area contributed by atoms with Crippen LogP contribution in [0.5, 0.6) is 5.75 Å². The van der Waals surface area contributed by atoms with Crippen molar-refractivity contribution < 1.29 is 9.90 Å². The Bertz CT molecular complexity index is 441. The van der Waals surface area contributed by atoms with Gasteiger partial charge >= 0.3 is 0 Å². The van der Waals surface area contributed by atoms with Crippen LogP contribution in [-0.4, -0.2) is 22.5 Å². The van der Waals surface area contributed by atoms with E-state index >= 15 is 0 Å². The van der Waals surface area contributed by atoms with Gasteiger partial charge in [-0.15, -0.1) is 0 Å². The van der Waals surface area contributed by atoms with E-state index in [2.05, 4.69) is 16.4 Å². The topological polar surface area (TPSA) is 62.2 Å². The van der Waals surface area contributed by atoms with Crippen molar-refractivity contribution in [2.45, 2.75) is 25.7 Å². The lowest BCUT2D eigenvalue weighted by atomic mass is 10.1. The molecule has 1 amide bonds. The maximum Gasteiger partial charge on any atom is 0.252 e. The highest BCUT2D eigenvalue weighted by molar-refractivity contribution is 5.94. The lowest BCUT2D eigenvalue weighted by Crippen LogP contribution is -2.24. The second-order valence-electron chi connectivity index (χ2n) is 4.19. The molecular formula is C13H16N2O2. The van der Waals surface area contributed by atoms with Crippen LogP contribution in [0.4, 0.5) is 0 Å². The Labute approximate surface area is 100 Å². The number of nitrogens with zero attached hydrogens (tertiary/aromatic N) is 1. The first-order valence-electron chi connectivity index (χ1n) is 5.86. The molecule has 0 radical (unpaired) electrons. The Hall–Kier alpha value is -1.84. The summed E-state index contributed by atoms with van der Waals surface area (Å²) in [5.74, 6) is -0.178. The Morgan fingerprint density at radius 2 is 2.35 bits per heavy atom. The van der Waals surface area contributed by atoms with Crippen LogP contribution in [0.15, 0.2) is 30.1 Å². The molecule has 2 rings (SSSR count). The molecule has 0 aromatic carbocycles. The van der Waals surface area contributed by atoms with Crippen molar-refractivity contribution in [3.63, 3.8) is 0 Å². The number of amides is 1. The largest absolute Gasteiger partial charge is 0.506 e. The van der Waals surface area contributed by atoms with Crippen molar-refractivity contribution in [3.8, 4) is 5.75 Å². The van der Waals surface area contributed by atoms with Gasteiger partial charge in [-0.25, -0.2) is 0 Å². The molecule has 1 heterocycles. The number of pyridine rings is 1. The number of allylic oxidation sites excluding steroid dienone is 1. The van der Waals surface area contributed by atoms with E-state index in [0.29, 0.717) is 12.1 Å². The molecule has 0 saturated heterocycles. The van der Waals surface area contributed by atoms with Crippen LogP contribution in [0.1, 0.15) is 36.0 Å². The fourth-order valence-corrected chi connectivity index (χ4v) is 1.96. The van der Waals surface area contributed by atoms with Gasteiger partial charge in [-0.05, 0) is 31.7 Å². The van der Waals surface area contributed by atoms with Gasteiger partial charge in [0.2, 0.25) is 0 Å². The van der Waals surface area contributed by atoms with Crippen molar-refractivity contribution in [1.82, 2.24) is 10.3 Å². The van der Waals surface area contributed by atoms with E-state index in [9.17, 15) is 9.90 Å². The highest BCUT2D eigenvalue weighted by atomic mass is 16.3. The molecule has 1 aliphatic carbocycles. The number of hydrogen-bond acceptors (Lipinski definition) is 3. The summed E-state index contributed by atoms with van der Waals surface area (Å²) in [5.41, 5.74) is 1.82. The quantitative estimate of drug-likeness (QED) is 0.781. The molecule has 4 heteroatoms. The highest BCUT2D eigenvalue weighted by Gasteiger charge is 2.08. The van der Waals surface area contributed by atoms with Crippen LogP contribution in [0.25, 0.3) is 0 Å². The summed E-state index contributed by atoms with van der Waals surface area (Å²) >= 11 is 0. The third kappa shape index (κ3) is 3.31. The van der Waals surface area contributed by atoms with Gasteiger partial charge < -0.3 is 10.4 Å². The van der Waals surface area contributed by atoms with Crippen LogP contribution >= 0.6 is 0 Å². The van der Waals surface area contributed by atoms with Gasteiger partial charge in [-0.2, -0.15) is 0 Å². The summed E-state index contributed by atoms with van der Waals surface area (Å²) in [7, 11) is 0. The Morgan fingerprint density at radius 3 is 3.06 bits per heavy atom. The van der Waals surface area contributed by atoms with Crippen LogP contribution in [0, 0.1) is 0 Å². The molecule has 0 atom stereocenters. The van der Waals surface area contributed by atoms with Gasteiger partial charge in [-0.3, -0.25) is 9.78 Å². The smallest absolute Gasteiger partial charge is 0.252 e. The molecule has 0 saturated carbocycles. The first-order chi connectivity index (χ1) is 8.25. The zero-order chi connectivity index (χ0) is 12.1. The van der Waals surface area contributed by atoms with Crippen molar-refractivity contribution in [2.75, 3.05) is 6.54 Å². The maximum atomic E-state index is 11.7. The Balaban J connectivity index is 1.81. The number of aromatic hydroxyl groups is 1. The molecule has 4 nitrogen and oxygen atoms in total. The van der Waals surface area contributed by atoms with Crippen LogP contribution in [0.3, 0.4) is 0 Å². The zero-order valence-corrected chi connectivity index (χ0v) is 9.65. The molecule has 2 N–H and O–H groups in total. The minimum absolute atomic E-state index is 0.0103. The fourth-order valence-electron chi connectivity index (χ4n) is 1.96. The molecule has 17 heavy (non-hydrogen) atoms. The lowest BCUT2D eigenvalue weighted by molar-refractivity contribution is 0.0953. The van der Waals surface area contributed by atoms with Crippen LogP contribution < -0.4 is 5.32 Å². The molecule has 0 unspecified atom stereocenters. The summed E-state index contributed by atoms with van der Waals surface area (Å²) in [6, 6.07) is 1.41. The highest BCUT2D eigenvalue weighted by Crippen LogP contribution is 2.19. The summed E-state index contributed by atoms with van der Waals surface area (Å²) in [6.45, 7) is 0.639. The van der Waals surface area contributed by atoms with E-state index < -0.39 is 0 Å². The maximum absolute atomic E-state index is 11.7. The normalized spacial score (nSPS) is 14.5. The fraction of sp³-hybridized carbons (Fsp3) is 0.385. The van der Waals surface area contributed by atoms with E-state index in [1.807, 2.05) is 0 Å². The first-order valence-corrected chi connectivity index (χ1v) is 5.86. The number of carbonyl (C=O) groups excluding carboxylic acids is 1. The number of nitrogens with one attached hydrogen (secondary N) is 1. The molecule has 0 spiro atoms. The monoisotopic (exact) mass is 232 g/mol. The molecule has 1 aromatic heterocycles. The number of hydrogen-bond donors (Lipinski definition) is 2. The van der Waals surface area contributed by atoms with E-state index in [0.717, 1.165) is 12.8 Å². The molecule has 90 valence electrons. The molecule has 1 aromatic rings. The number of rotatable bonds is 4. The second kappa shape index (κ2) is 5.48. The molecule has 0 aliphatic heterocycles. The van der Waals surface area contributed by atoms with Gasteiger partial charge in [0.15, 0.2) is 0 Å². The average molecular weight is 232 g/mol.